The second kappa shape index (κ2) is 5.17. The van der Waals surface area contributed by atoms with Crippen LogP contribution in [0.25, 0.3) is 0 Å². The van der Waals surface area contributed by atoms with Gasteiger partial charge in [0.15, 0.2) is 0 Å². The standard InChI is InChI=1S/C7H11NO4/c1-5(7(11)12-2)3-8-4-6(9)10/h3,8H,4H2,1-2H3,(H,9,10). The fourth-order valence-corrected chi connectivity index (χ4v) is 0.511. The van der Waals surface area contributed by atoms with E-state index in [0.29, 0.717) is 5.57 Å². The van der Waals surface area contributed by atoms with Crippen LogP contribution in [0.1, 0.15) is 6.92 Å². The zero-order valence-electron chi connectivity index (χ0n) is 6.96. The maximum Gasteiger partial charge on any atom is 0.334 e. The van der Waals surface area contributed by atoms with Crippen LogP contribution in [0.3, 0.4) is 0 Å². The molecular formula is C7H11NO4. The van der Waals surface area contributed by atoms with Crippen molar-refractivity contribution in [2.24, 2.45) is 0 Å². The minimum absolute atomic E-state index is 0.214. The Morgan fingerprint density at radius 3 is 2.58 bits per heavy atom. The lowest BCUT2D eigenvalue weighted by Gasteiger charge is -1.99. The molecule has 0 aromatic carbocycles. The molecule has 12 heavy (non-hydrogen) atoms. The van der Waals surface area contributed by atoms with Gasteiger partial charge in [-0.2, -0.15) is 0 Å². The highest BCUT2D eigenvalue weighted by Crippen LogP contribution is 1.91. The third-order valence-corrected chi connectivity index (χ3v) is 1.08. The van der Waals surface area contributed by atoms with Crippen LogP contribution in [-0.4, -0.2) is 30.7 Å². The molecule has 2 N–H and O–H groups in total. The molecule has 0 spiro atoms. The molecule has 0 radical (unpaired) electrons. The Balaban J connectivity index is 3.84. The van der Waals surface area contributed by atoms with E-state index < -0.39 is 11.9 Å². The first-order valence-corrected chi connectivity index (χ1v) is 3.28. The van der Waals surface area contributed by atoms with Crippen molar-refractivity contribution in [3.8, 4) is 0 Å². The Hall–Kier alpha value is -1.52. The number of hydrogen-bond donors (Lipinski definition) is 2. The summed E-state index contributed by atoms with van der Waals surface area (Å²) in [5.74, 6) is -1.46. The van der Waals surface area contributed by atoms with Crippen LogP contribution in [-0.2, 0) is 14.3 Å². The topological polar surface area (TPSA) is 75.6 Å². The Labute approximate surface area is 70.0 Å². The molecule has 0 aromatic heterocycles. The lowest BCUT2D eigenvalue weighted by Crippen LogP contribution is -2.18. The molecule has 0 bridgehead atoms. The summed E-state index contributed by atoms with van der Waals surface area (Å²) < 4.78 is 4.37. The van der Waals surface area contributed by atoms with Gasteiger partial charge in [0.25, 0.3) is 0 Å². The molecule has 0 heterocycles. The van der Waals surface area contributed by atoms with Crippen LogP contribution in [0.2, 0.25) is 0 Å². The van der Waals surface area contributed by atoms with Gasteiger partial charge < -0.3 is 15.2 Å². The van der Waals surface area contributed by atoms with Crippen LogP contribution < -0.4 is 5.32 Å². The number of carboxylic acids is 1. The van der Waals surface area contributed by atoms with Crippen LogP contribution in [0, 0.1) is 0 Å². The van der Waals surface area contributed by atoms with Crippen molar-refractivity contribution in [3.05, 3.63) is 11.8 Å². The zero-order chi connectivity index (χ0) is 9.56. The van der Waals surface area contributed by atoms with Gasteiger partial charge in [-0.25, -0.2) is 4.79 Å². The van der Waals surface area contributed by atoms with E-state index in [1.807, 2.05) is 0 Å². The molecule has 0 saturated carbocycles. The third-order valence-electron chi connectivity index (χ3n) is 1.08. The summed E-state index contributed by atoms with van der Waals surface area (Å²) >= 11 is 0. The molecule has 0 aliphatic heterocycles. The molecule has 0 atom stereocenters. The van der Waals surface area contributed by atoms with Crippen molar-refractivity contribution in [1.82, 2.24) is 5.32 Å². The molecule has 0 amide bonds. The van der Waals surface area contributed by atoms with E-state index >= 15 is 0 Å². The molecule has 5 heteroatoms. The summed E-state index contributed by atoms with van der Waals surface area (Å²) in [6.07, 6.45) is 1.31. The number of carboxylic acid groups (broad SMARTS) is 1. The maximum atomic E-state index is 10.7. The second-order valence-corrected chi connectivity index (χ2v) is 2.09. The number of ether oxygens (including phenoxy) is 1. The average molecular weight is 173 g/mol. The van der Waals surface area contributed by atoms with Gasteiger partial charge in [0.2, 0.25) is 0 Å². The van der Waals surface area contributed by atoms with Crippen LogP contribution in [0.4, 0.5) is 0 Å². The molecule has 0 aliphatic rings. The summed E-state index contributed by atoms with van der Waals surface area (Å²) in [7, 11) is 1.26. The highest BCUT2D eigenvalue weighted by molar-refractivity contribution is 5.87. The van der Waals surface area contributed by atoms with Gasteiger partial charge in [0.05, 0.1) is 7.11 Å². The maximum absolute atomic E-state index is 10.7. The van der Waals surface area contributed by atoms with Gasteiger partial charge in [0.1, 0.15) is 6.54 Å². The van der Waals surface area contributed by atoms with Gasteiger partial charge in [-0.1, -0.05) is 0 Å². The highest BCUT2D eigenvalue weighted by atomic mass is 16.5. The molecule has 0 aromatic rings. The van der Waals surface area contributed by atoms with E-state index in [0.717, 1.165) is 0 Å². The minimum atomic E-state index is -0.982. The smallest absolute Gasteiger partial charge is 0.334 e. The number of aliphatic carboxylic acids is 1. The molecule has 5 nitrogen and oxygen atoms in total. The number of carbonyl (C=O) groups is 2. The Morgan fingerprint density at radius 1 is 1.58 bits per heavy atom. The quantitative estimate of drug-likeness (QED) is 0.452. The van der Waals surface area contributed by atoms with E-state index in [1.54, 1.807) is 0 Å². The van der Waals surface area contributed by atoms with Gasteiger partial charge in [0, 0.05) is 11.8 Å². The largest absolute Gasteiger partial charge is 0.480 e. The Morgan fingerprint density at radius 2 is 2.17 bits per heavy atom. The predicted molar refractivity (Wildman–Crippen MR) is 41.4 cm³/mol. The number of carbonyl (C=O) groups excluding carboxylic acids is 1. The number of methoxy groups -OCH3 is 1. The summed E-state index contributed by atoms with van der Waals surface area (Å²) in [5, 5.41) is 10.7. The van der Waals surface area contributed by atoms with Gasteiger partial charge >= 0.3 is 11.9 Å². The van der Waals surface area contributed by atoms with Gasteiger partial charge in [-0.3, -0.25) is 4.79 Å². The average Bonchev–Trinajstić information content (AvgIpc) is 2.02. The lowest BCUT2D eigenvalue weighted by atomic mass is 10.3. The first-order chi connectivity index (χ1) is 5.57. The summed E-state index contributed by atoms with van der Waals surface area (Å²) in [5.41, 5.74) is 0.332. The minimum Gasteiger partial charge on any atom is -0.480 e. The van der Waals surface area contributed by atoms with E-state index in [2.05, 4.69) is 10.1 Å². The Kier molecular flexibility index (Phi) is 4.52. The highest BCUT2D eigenvalue weighted by Gasteiger charge is 2.01. The first-order valence-electron chi connectivity index (χ1n) is 3.28. The SMILES string of the molecule is COC(=O)C(C)=CNCC(=O)O. The zero-order valence-corrected chi connectivity index (χ0v) is 6.96. The number of rotatable bonds is 4. The summed E-state index contributed by atoms with van der Waals surface area (Å²) in [6.45, 7) is 1.31. The first kappa shape index (κ1) is 10.5. The van der Waals surface area contributed by atoms with Crippen molar-refractivity contribution in [2.45, 2.75) is 6.92 Å². The number of hydrogen-bond acceptors (Lipinski definition) is 4. The molecule has 0 rings (SSSR count). The van der Waals surface area contributed by atoms with Crippen LogP contribution >= 0.6 is 0 Å². The van der Waals surface area contributed by atoms with Gasteiger partial charge in [-0.05, 0) is 6.92 Å². The van der Waals surface area contributed by atoms with E-state index in [4.69, 9.17) is 5.11 Å². The van der Waals surface area contributed by atoms with Crippen molar-refractivity contribution in [3.63, 3.8) is 0 Å². The van der Waals surface area contributed by atoms with Crippen LogP contribution in [0.5, 0.6) is 0 Å². The summed E-state index contributed by atoms with van der Waals surface area (Å²) in [4.78, 5) is 20.7. The molecule has 0 unspecified atom stereocenters. The molecule has 0 aliphatic carbocycles. The van der Waals surface area contributed by atoms with E-state index in [1.165, 1.54) is 20.2 Å². The lowest BCUT2D eigenvalue weighted by molar-refractivity contribution is -0.137. The number of nitrogens with one attached hydrogen (secondary N) is 1. The van der Waals surface area contributed by atoms with Crippen molar-refractivity contribution >= 4 is 11.9 Å². The van der Waals surface area contributed by atoms with Crippen molar-refractivity contribution < 1.29 is 19.4 Å². The monoisotopic (exact) mass is 173 g/mol. The molecular weight excluding hydrogens is 162 g/mol. The Bertz CT molecular complexity index is 209. The third kappa shape index (κ3) is 4.32. The fraction of sp³-hybridized carbons (Fsp3) is 0.429. The van der Waals surface area contributed by atoms with Gasteiger partial charge in [-0.15, -0.1) is 0 Å². The second-order valence-electron chi connectivity index (χ2n) is 2.09. The fourth-order valence-electron chi connectivity index (χ4n) is 0.511. The van der Waals surface area contributed by atoms with Crippen molar-refractivity contribution in [2.75, 3.05) is 13.7 Å². The molecule has 0 fully saturated rings. The normalized spacial score (nSPS) is 10.7. The summed E-state index contributed by atoms with van der Waals surface area (Å²) in [6, 6.07) is 0. The van der Waals surface area contributed by atoms with E-state index in [-0.39, 0.29) is 6.54 Å². The van der Waals surface area contributed by atoms with E-state index in [9.17, 15) is 9.59 Å². The molecule has 0 saturated heterocycles. The predicted octanol–water partition coefficient (Wildman–Crippen LogP) is -0.263. The molecule has 68 valence electrons. The number of esters is 1. The van der Waals surface area contributed by atoms with Crippen LogP contribution in [0.15, 0.2) is 11.8 Å². The van der Waals surface area contributed by atoms with Crippen molar-refractivity contribution in [1.29, 1.82) is 0 Å².